The van der Waals surface area contributed by atoms with Crippen molar-refractivity contribution in [2.75, 3.05) is 20.3 Å². The summed E-state index contributed by atoms with van der Waals surface area (Å²) >= 11 is 1.65. The SMILES string of the molecule is COCCC[C@@H]1CCCCN1C(=O)c1csc(C)c1. The van der Waals surface area contributed by atoms with Crippen LogP contribution in [0, 0.1) is 6.92 Å². The van der Waals surface area contributed by atoms with E-state index in [0.29, 0.717) is 6.04 Å². The van der Waals surface area contributed by atoms with Crippen LogP contribution in [0.1, 0.15) is 47.3 Å². The van der Waals surface area contributed by atoms with Gasteiger partial charge in [-0.3, -0.25) is 4.79 Å². The van der Waals surface area contributed by atoms with Gasteiger partial charge in [0.05, 0.1) is 5.56 Å². The first-order valence-electron chi connectivity index (χ1n) is 7.07. The lowest BCUT2D eigenvalue weighted by atomic mass is 9.97. The monoisotopic (exact) mass is 281 g/mol. The van der Waals surface area contributed by atoms with Crippen molar-refractivity contribution in [1.82, 2.24) is 4.90 Å². The predicted octanol–water partition coefficient (Wildman–Crippen LogP) is 3.48. The quantitative estimate of drug-likeness (QED) is 0.773. The molecule has 0 aliphatic carbocycles. The number of likely N-dealkylation sites (tertiary alicyclic amines) is 1. The number of nitrogens with zero attached hydrogens (tertiary/aromatic N) is 1. The van der Waals surface area contributed by atoms with Gasteiger partial charge in [0.2, 0.25) is 0 Å². The van der Waals surface area contributed by atoms with Crippen LogP contribution in [0.2, 0.25) is 0 Å². The van der Waals surface area contributed by atoms with E-state index in [0.717, 1.165) is 44.4 Å². The van der Waals surface area contributed by atoms with Crippen LogP contribution in [0.25, 0.3) is 0 Å². The zero-order valence-corrected chi connectivity index (χ0v) is 12.7. The van der Waals surface area contributed by atoms with Crippen LogP contribution < -0.4 is 0 Å². The van der Waals surface area contributed by atoms with Gasteiger partial charge in [-0.05, 0) is 45.1 Å². The summed E-state index contributed by atoms with van der Waals surface area (Å²) in [5.41, 5.74) is 0.862. The molecule has 1 atom stereocenters. The number of hydrogen-bond donors (Lipinski definition) is 0. The van der Waals surface area contributed by atoms with E-state index in [2.05, 4.69) is 4.90 Å². The molecule has 0 radical (unpaired) electrons. The summed E-state index contributed by atoms with van der Waals surface area (Å²) in [4.78, 5) is 15.8. The number of amides is 1. The summed E-state index contributed by atoms with van der Waals surface area (Å²) in [7, 11) is 1.73. The molecule has 4 heteroatoms. The maximum absolute atomic E-state index is 12.6. The molecule has 0 N–H and O–H groups in total. The molecule has 0 bridgehead atoms. The Labute approximate surface area is 119 Å². The molecule has 0 saturated carbocycles. The molecule has 0 unspecified atom stereocenters. The molecule has 0 aromatic carbocycles. The van der Waals surface area contributed by atoms with Crippen LogP contribution >= 0.6 is 11.3 Å². The molecule has 106 valence electrons. The Morgan fingerprint density at radius 1 is 1.53 bits per heavy atom. The third kappa shape index (κ3) is 3.80. The van der Waals surface area contributed by atoms with Crippen molar-refractivity contribution in [3.8, 4) is 0 Å². The van der Waals surface area contributed by atoms with E-state index >= 15 is 0 Å². The smallest absolute Gasteiger partial charge is 0.254 e. The highest BCUT2D eigenvalue weighted by atomic mass is 32.1. The minimum absolute atomic E-state index is 0.214. The summed E-state index contributed by atoms with van der Waals surface area (Å²) in [5.74, 6) is 0.214. The highest BCUT2D eigenvalue weighted by molar-refractivity contribution is 7.10. The van der Waals surface area contributed by atoms with Gasteiger partial charge in [-0.15, -0.1) is 11.3 Å². The Balaban J connectivity index is 2.00. The van der Waals surface area contributed by atoms with Crippen LogP contribution in [0.5, 0.6) is 0 Å². The predicted molar refractivity (Wildman–Crippen MR) is 78.8 cm³/mol. The fourth-order valence-electron chi connectivity index (χ4n) is 2.75. The summed E-state index contributed by atoms with van der Waals surface area (Å²) in [5, 5.41) is 1.98. The van der Waals surface area contributed by atoms with Gasteiger partial charge in [0.25, 0.3) is 5.91 Å². The average Bonchev–Trinajstić information content (AvgIpc) is 2.85. The maximum atomic E-state index is 12.6. The van der Waals surface area contributed by atoms with Crippen molar-refractivity contribution in [3.05, 3.63) is 21.9 Å². The topological polar surface area (TPSA) is 29.5 Å². The van der Waals surface area contributed by atoms with Crippen molar-refractivity contribution in [3.63, 3.8) is 0 Å². The number of methoxy groups -OCH3 is 1. The lowest BCUT2D eigenvalue weighted by Crippen LogP contribution is -2.43. The summed E-state index contributed by atoms with van der Waals surface area (Å²) in [6, 6.07) is 2.41. The lowest BCUT2D eigenvalue weighted by molar-refractivity contribution is 0.0585. The van der Waals surface area contributed by atoms with E-state index in [1.165, 1.54) is 11.3 Å². The van der Waals surface area contributed by atoms with Crippen LogP contribution in [0.3, 0.4) is 0 Å². The molecule has 2 heterocycles. The second kappa shape index (κ2) is 7.06. The number of carbonyl (C=O) groups is 1. The molecule has 1 aromatic rings. The first-order valence-corrected chi connectivity index (χ1v) is 7.95. The van der Waals surface area contributed by atoms with Crippen LogP contribution in [-0.4, -0.2) is 37.1 Å². The largest absolute Gasteiger partial charge is 0.385 e. The first-order chi connectivity index (χ1) is 9.22. The number of thiophene rings is 1. The highest BCUT2D eigenvalue weighted by Crippen LogP contribution is 2.24. The molecule has 3 nitrogen and oxygen atoms in total. The van der Waals surface area contributed by atoms with Crippen molar-refractivity contribution >= 4 is 17.2 Å². The molecule has 1 aliphatic heterocycles. The number of hydrogen-bond acceptors (Lipinski definition) is 3. The Hall–Kier alpha value is -0.870. The van der Waals surface area contributed by atoms with E-state index in [-0.39, 0.29) is 5.91 Å². The summed E-state index contributed by atoms with van der Waals surface area (Å²) in [6.45, 7) is 3.75. The number of ether oxygens (including phenoxy) is 1. The van der Waals surface area contributed by atoms with Crippen molar-refractivity contribution in [1.29, 1.82) is 0 Å². The summed E-state index contributed by atoms with van der Waals surface area (Å²) in [6.07, 6.45) is 5.61. The summed E-state index contributed by atoms with van der Waals surface area (Å²) < 4.78 is 5.11. The fraction of sp³-hybridized carbons (Fsp3) is 0.667. The molecule has 1 fully saturated rings. The van der Waals surface area contributed by atoms with Gasteiger partial charge in [0, 0.05) is 36.6 Å². The fourth-order valence-corrected chi connectivity index (χ4v) is 3.43. The zero-order valence-electron chi connectivity index (χ0n) is 11.9. The van der Waals surface area contributed by atoms with Crippen LogP contribution in [0.15, 0.2) is 11.4 Å². The van der Waals surface area contributed by atoms with Gasteiger partial charge in [0.1, 0.15) is 0 Å². The molecule has 1 amide bonds. The lowest BCUT2D eigenvalue weighted by Gasteiger charge is -2.35. The number of carbonyl (C=O) groups excluding carboxylic acids is 1. The molecule has 1 saturated heterocycles. The zero-order chi connectivity index (χ0) is 13.7. The van der Waals surface area contributed by atoms with Crippen LogP contribution in [0.4, 0.5) is 0 Å². The van der Waals surface area contributed by atoms with Crippen molar-refractivity contribution in [2.45, 2.75) is 45.1 Å². The van der Waals surface area contributed by atoms with Gasteiger partial charge in [-0.1, -0.05) is 0 Å². The van der Waals surface area contributed by atoms with E-state index in [4.69, 9.17) is 4.74 Å². The van der Waals surface area contributed by atoms with Crippen molar-refractivity contribution in [2.24, 2.45) is 0 Å². The average molecular weight is 281 g/mol. The van der Waals surface area contributed by atoms with E-state index < -0.39 is 0 Å². The Morgan fingerprint density at radius 2 is 2.37 bits per heavy atom. The molecular weight excluding hydrogens is 258 g/mol. The molecule has 1 aromatic heterocycles. The Morgan fingerprint density at radius 3 is 3.05 bits per heavy atom. The second-order valence-corrected chi connectivity index (χ2v) is 6.34. The number of piperidine rings is 1. The van der Waals surface area contributed by atoms with Gasteiger partial charge < -0.3 is 9.64 Å². The third-order valence-corrected chi connectivity index (χ3v) is 4.61. The van der Waals surface area contributed by atoms with Crippen LogP contribution in [-0.2, 0) is 4.74 Å². The maximum Gasteiger partial charge on any atom is 0.254 e. The molecule has 1 aliphatic rings. The van der Waals surface area contributed by atoms with Gasteiger partial charge in [0.15, 0.2) is 0 Å². The molecule has 2 rings (SSSR count). The third-order valence-electron chi connectivity index (χ3n) is 3.75. The van der Waals surface area contributed by atoms with Gasteiger partial charge >= 0.3 is 0 Å². The number of aryl methyl sites for hydroxylation is 1. The first kappa shape index (κ1) is 14.5. The van der Waals surface area contributed by atoms with E-state index in [1.807, 2.05) is 18.4 Å². The standard InChI is InChI=1S/C15H23NO2S/c1-12-10-13(11-19-12)15(17)16-8-4-3-6-14(16)7-5-9-18-2/h10-11,14H,3-9H2,1-2H3/t14-/m0/s1. The minimum atomic E-state index is 0.214. The van der Waals surface area contributed by atoms with E-state index in [9.17, 15) is 4.79 Å². The number of rotatable bonds is 5. The normalized spacial score (nSPS) is 19.7. The van der Waals surface area contributed by atoms with Crippen molar-refractivity contribution < 1.29 is 9.53 Å². The van der Waals surface area contributed by atoms with Gasteiger partial charge in [-0.25, -0.2) is 0 Å². The highest BCUT2D eigenvalue weighted by Gasteiger charge is 2.27. The molecule has 0 spiro atoms. The Kier molecular flexibility index (Phi) is 5.40. The second-order valence-electron chi connectivity index (χ2n) is 5.23. The Bertz CT molecular complexity index is 416. The van der Waals surface area contributed by atoms with Gasteiger partial charge in [-0.2, -0.15) is 0 Å². The molecule has 19 heavy (non-hydrogen) atoms. The molecular formula is C15H23NO2S. The minimum Gasteiger partial charge on any atom is -0.385 e. The van der Waals surface area contributed by atoms with E-state index in [1.54, 1.807) is 18.4 Å².